The Morgan fingerprint density at radius 2 is 1.77 bits per heavy atom. The van der Waals surface area contributed by atoms with Gasteiger partial charge in [0.25, 0.3) is 5.56 Å². The first kappa shape index (κ1) is 32.7. The fraction of sp³-hybridized carbons (Fsp3) is 0.364. The van der Waals surface area contributed by atoms with Gasteiger partial charge < -0.3 is 34.1 Å². The van der Waals surface area contributed by atoms with E-state index in [1.54, 1.807) is 25.1 Å². The summed E-state index contributed by atoms with van der Waals surface area (Å²) in [4.78, 5) is 66.4. The molecule has 48 heavy (non-hydrogen) atoms. The van der Waals surface area contributed by atoms with Gasteiger partial charge in [-0.2, -0.15) is 0 Å². The van der Waals surface area contributed by atoms with Crippen LogP contribution in [0.5, 0.6) is 28.7 Å². The highest BCUT2D eigenvalue weighted by Crippen LogP contribution is 2.56. The third kappa shape index (κ3) is 4.98. The van der Waals surface area contributed by atoms with Crippen molar-refractivity contribution >= 4 is 29.1 Å². The SMILES string of the molecule is COc1cc(OC)c2c(c1Cl)O[C@]1(C2=O)C(O)=C(C(CC(=O)NCc2cc(=O)n(C)c(=O)n2C)c2ccc3c(c2)OCO3)C(=O)C[C@H]1C. The minimum atomic E-state index is -2.07. The van der Waals surface area contributed by atoms with E-state index in [1.165, 1.54) is 45.0 Å². The van der Waals surface area contributed by atoms with Crippen LogP contribution >= 0.6 is 11.6 Å². The molecule has 1 aliphatic carbocycles. The molecule has 1 spiro atoms. The molecule has 0 fully saturated rings. The number of rotatable bonds is 8. The standard InChI is InChI=1S/C33H32ClN3O11/c1-15-8-19(38)26(30(41)33(15)31(42)27-22(44-4)12-23(45-5)28(34)29(27)48-33)18(16-6-7-20-21(9-16)47-14-46-20)11-24(39)35-13-17-10-25(40)37(3)32(43)36(17)2/h6-7,9-10,12,15,18,41H,8,11,13-14H2,1-5H3,(H,35,39)/t15-,18?,33+/m1/s1. The van der Waals surface area contributed by atoms with Crippen molar-refractivity contribution in [3.63, 3.8) is 0 Å². The summed E-state index contributed by atoms with van der Waals surface area (Å²) >= 11 is 6.57. The maximum atomic E-state index is 14.3. The van der Waals surface area contributed by atoms with Gasteiger partial charge in [0, 0.05) is 62.2 Å². The van der Waals surface area contributed by atoms with Crippen molar-refractivity contribution in [2.45, 2.75) is 37.8 Å². The normalized spacial score (nSPS) is 20.1. The molecular weight excluding hydrogens is 650 g/mol. The van der Waals surface area contributed by atoms with Crippen LogP contribution in [0.15, 0.2) is 51.3 Å². The molecule has 6 rings (SSSR count). The van der Waals surface area contributed by atoms with Gasteiger partial charge in [-0.25, -0.2) is 4.79 Å². The summed E-state index contributed by atoms with van der Waals surface area (Å²) in [7, 11) is 5.55. The van der Waals surface area contributed by atoms with Crippen molar-refractivity contribution in [2.75, 3.05) is 21.0 Å². The van der Waals surface area contributed by atoms with Gasteiger partial charge in [-0.1, -0.05) is 24.6 Å². The van der Waals surface area contributed by atoms with Gasteiger partial charge >= 0.3 is 5.69 Å². The molecule has 15 heteroatoms. The highest BCUT2D eigenvalue weighted by atomic mass is 35.5. The number of ketones is 2. The van der Waals surface area contributed by atoms with Gasteiger partial charge in [-0.05, 0) is 17.7 Å². The topological polar surface area (TPSA) is 174 Å². The number of fused-ring (bicyclic) bond motifs is 2. The number of hydrogen-bond donors (Lipinski definition) is 2. The number of aliphatic hydroxyl groups is 1. The lowest BCUT2D eigenvalue weighted by atomic mass is 9.69. The van der Waals surface area contributed by atoms with Crippen molar-refractivity contribution in [3.8, 4) is 28.7 Å². The van der Waals surface area contributed by atoms with E-state index >= 15 is 0 Å². The Morgan fingerprint density at radius 1 is 1.06 bits per heavy atom. The fourth-order valence-corrected chi connectivity index (χ4v) is 6.71. The molecule has 0 bridgehead atoms. The summed E-state index contributed by atoms with van der Waals surface area (Å²) in [5.41, 5.74) is -2.73. The predicted molar refractivity (Wildman–Crippen MR) is 169 cm³/mol. The second kappa shape index (κ2) is 12.1. The van der Waals surface area contributed by atoms with E-state index in [4.69, 9.17) is 35.3 Å². The Balaban J connectivity index is 1.44. The van der Waals surface area contributed by atoms with Crippen LogP contribution in [0.2, 0.25) is 5.02 Å². The van der Waals surface area contributed by atoms with Crippen LogP contribution < -0.4 is 40.3 Å². The van der Waals surface area contributed by atoms with Crippen LogP contribution in [0.4, 0.5) is 0 Å². The molecule has 0 saturated heterocycles. The number of nitrogens with one attached hydrogen (secondary N) is 1. The molecule has 1 unspecified atom stereocenters. The molecule has 2 aromatic carbocycles. The minimum absolute atomic E-state index is 0.0196. The highest BCUT2D eigenvalue weighted by Gasteiger charge is 2.61. The van der Waals surface area contributed by atoms with Crippen molar-refractivity contribution in [2.24, 2.45) is 20.0 Å². The molecule has 3 heterocycles. The van der Waals surface area contributed by atoms with Crippen molar-refractivity contribution in [3.05, 3.63) is 84.3 Å². The van der Waals surface area contributed by atoms with Crippen LogP contribution in [0.25, 0.3) is 0 Å². The number of aliphatic hydroxyl groups excluding tert-OH is 1. The first-order valence-electron chi connectivity index (χ1n) is 14.9. The summed E-state index contributed by atoms with van der Waals surface area (Å²) in [6.45, 7) is 1.40. The van der Waals surface area contributed by atoms with E-state index in [1.807, 2.05) is 0 Å². The third-order valence-corrected chi connectivity index (χ3v) is 9.50. The average molecular weight is 682 g/mol. The van der Waals surface area contributed by atoms with Gasteiger partial charge in [0.15, 0.2) is 28.8 Å². The molecule has 2 aliphatic heterocycles. The van der Waals surface area contributed by atoms with Crippen LogP contribution in [0, 0.1) is 5.92 Å². The number of halogens is 1. The number of carbonyl (C=O) groups excluding carboxylic acids is 3. The fourth-order valence-electron chi connectivity index (χ4n) is 6.45. The predicted octanol–water partition coefficient (Wildman–Crippen LogP) is 2.71. The molecule has 1 amide bonds. The molecule has 252 valence electrons. The Kier molecular flexibility index (Phi) is 8.23. The zero-order valence-corrected chi connectivity index (χ0v) is 27.4. The van der Waals surface area contributed by atoms with E-state index in [2.05, 4.69) is 5.32 Å². The lowest BCUT2D eigenvalue weighted by Gasteiger charge is -2.38. The molecule has 0 saturated carbocycles. The number of ether oxygens (including phenoxy) is 5. The zero-order valence-electron chi connectivity index (χ0n) is 26.7. The third-order valence-electron chi connectivity index (χ3n) is 9.14. The maximum absolute atomic E-state index is 14.3. The van der Waals surface area contributed by atoms with Crippen molar-refractivity contribution in [1.82, 2.24) is 14.5 Å². The number of benzene rings is 2. The minimum Gasteiger partial charge on any atom is -0.507 e. The van der Waals surface area contributed by atoms with E-state index in [0.717, 1.165) is 4.57 Å². The number of carbonyl (C=O) groups is 3. The molecule has 3 aromatic rings. The molecule has 2 N–H and O–H groups in total. The Hall–Kier alpha value is -5.24. The number of nitrogens with zero attached hydrogens (tertiary/aromatic N) is 2. The van der Waals surface area contributed by atoms with Crippen molar-refractivity contribution in [1.29, 1.82) is 0 Å². The highest BCUT2D eigenvalue weighted by molar-refractivity contribution is 6.35. The maximum Gasteiger partial charge on any atom is 0.330 e. The number of Topliss-reactive ketones (excluding diaryl/α,β-unsaturated/α-hetero) is 2. The monoisotopic (exact) mass is 681 g/mol. The number of methoxy groups -OCH3 is 2. The quantitative estimate of drug-likeness (QED) is 0.358. The van der Waals surface area contributed by atoms with Gasteiger partial charge in [0.1, 0.15) is 22.1 Å². The zero-order chi connectivity index (χ0) is 34.7. The van der Waals surface area contributed by atoms with E-state index in [9.17, 15) is 29.1 Å². The average Bonchev–Trinajstić information content (AvgIpc) is 3.67. The van der Waals surface area contributed by atoms with E-state index in [0.29, 0.717) is 17.1 Å². The van der Waals surface area contributed by atoms with Crippen LogP contribution in [-0.2, 0) is 30.2 Å². The van der Waals surface area contributed by atoms with Gasteiger partial charge in [-0.15, -0.1) is 0 Å². The van der Waals surface area contributed by atoms with Gasteiger partial charge in [-0.3, -0.25) is 28.3 Å². The summed E-state index contributed by atoms with van der Waals surface area (Å²) in [5.74, 6) is -3.35. The second-order valence-corrected chi connectivity index (χ2v) is 12.2. The van der Waals surface area contributed by atoms with Crippen LogP contribution in [0.1, 0.15) is 47.3 Å². The number of allylic oxidation sites excluding steroid dienone is 1. The second-order valence-electron chi connectivity index (χ2n) is 11.8. The van der Waals surface area contributed by atoms with Gasteiger partial charge in [0.2, 0.25) is 24.1 Å². The summed E-state index contributed by atoms with van der Waals surface area (Å²) in [6.07, 6.45) is -0.596. The number of amides is 1. The molecule has 3 atom stereocenters. The smallest absolute Gasteiger partial charge is 0.330 e. The Bertz CT molecular complexity index is 2050. The largest absolute Gasteiger partial charge is 0.507 e. The lowest BCUT2D eigenvalue weighted by Crippen LogP contribution is -2.53. The van der Waals surface area contributed by atoms with Crippen molar-refractivity contribution < 1.29 is 43.2 Å². The molecule has 3 aliphatic rings. The van der Waals surface area contributed by atoms with Crippen LogP contribution in [-0.4, -0.2) is 58.3 Å². The van der Waals surface area contributed by atoms with E-state index < -0.39 is 51.9 Å². The van der Waals surface area contributed by atoms with E-state index in [-0.39, 0.29) is 65.3 Å². The molecule has 14 nitrogen and oxygen atoms in total. The summed E-state index contributed by atoms with van der Waals surface area (Å²) < 4.78 is 30.2. The molecule has 1 aromatic heterocycles. The Morgan fingerprint density at radius 3 is 2.48 bits per heavy atom. The van der Waals surface area contributed by atoms with Gasteiger partial charge in [0.05, 0.1) is 20.8 Å². The molecule has 0 radical (unpaired) electrons. The number of hydrogen-bond acceptors (Lipinski definition) is 11. The van der Waals surface area contributed by atoms with Crippen LogP contribution in [0.3, 0.4) is 0 Å². The lowest BCUT2D eigenvalue weighted by molar-refractivity contribution is -0.122. The number of aromatic nitrogens is 2. The first-order chi connectivity index (χ1) is 22.8. The first-order valence-corrected chi connectivity index (χ1v) is 15.3. The summed E-state index contributed by atoms with van der Waals surface area (Å²) in [5, 5.41) is 14.8. The summed E-state index contributed by atoms with van der Waals surface area (Å²) in [6, 6.07) is 7.51. The molecular formula is C33H32ClN3O11. The Labute approximate surface area is 278 Å².